The molecule has 3 aromatic carbocycles. The molecule has 1 unspecified atom stereocenters. The third-order valence-electron chi connectivity index (χ3n) is 7.30. The SMILES string of the molecule is Cc1cc(C)c(NC(=O)Nc2cc(-c3cc(F)cc(F)c3)ccc2C(=O)NC(C(=O)O)C2CCCCC2)c(C)c1. The molecule has 1 fully saturated rings. The van der Waals surface area contributed by atoms with E-state index < -0.39 is 35.6 Å². The number of carboxylic acids is 1. The van der Waals surface area contributed by atoms with Crippen molar-refractivity contribution in [1.29, 1.82) is 0 Å². The first-order chi connectivity index (χ1) is 19.0. The van der Waals surface area contributed by atoms with E-state index in [0.717, 1.165) is 54.2 Å². The van der Waals surface area contributed by atoms with Crippen molar-refractivity contribution in [2.75, 3.05) is 10.6 Å². The summed E-state index contributed by atoms with van der Waals surface area (Å²) in [7, 11) is 0. The topological polar surface area (TPSA) is 108 Å². The predicted octanol–water partition coefficient (Wildman–Crippen LogP) is 6.96. The summed E-state index contributed by atoms with van der Waals surface area (Å²) in [6.07, 6.45) is 4.22. The molecule has 1 aliphatic carbocycles. The Balaban J connectivity index is 1.67. The third kappa shape index (κ3) is 6.83. The van der Waals surface area contributed by atoms with Crippen LogP contribution in [0.2, 0.25) is 0 Å². The van der Waals surface area contributed by atoms with Crippen molar-refractivity contribution < 1.29 is 28.3 Å². The molecular formula is C31H33F2N3O4. The maximum Gasteiger partial charge on any atom is 0.326 e. The minimum absolute atomic E-state index is 0.0233. The lowest BCUT2D eigenvalue weighted by Crippen LogP contribution is -2.46. The van der Waals surface area contributed by atoms with Crippen LogP contribution in [0.1, 0.15) is 59.2 Å². The zero-order valence-electron chi connectivity index (χ0n) is 22.7. The molecule has 4 N–H and O–H groups in total. The Morgan fingerprint density at radius 3 is 2.05 bits per heavy atom. The zero-order chi connectivity index (χ0) is 29.0. The van der Waals surface area contributed by atoms with E-state index in [-0.39, 0.29) is 22.7 Å². The van der Waals surface area contributed by atoms with Gasteiger partial charge in [-0.25, -0.2) is 18.4 Å². The molecule has 0 aliphatic heterocycles. The molecule has 210 valence electrons. The largest absolute Gasteiger partial charge is 0.480 e. The van der Waals surface area contributed by atoms with E-state index in [1.165, 1.54) is 18.2 Å². The average Bonchev–Trinajstić information content (AvgIpc) is 2.89. The van der Waals surface area contributed by atoms with Crippen LogP contribution in [-0.2, 0) is 4.79 Å². The maximum atomic E-state index is 13.9. The number of urea groups is 1. The highest BCUT2D eigenvalue weighted by Crippen LogP contribution is 2.30. The van der Waals surface area contributed by atoms with Gasteiger partial charge in [0.25, 0.3) is 5.91 Å². The second-order valence-corrected chi connectivity index (χ2v) is 10.5. The molecule has 1 aliphatic rings. The van der Waals surface area contributed by atoms with Gasteiger partial charge in [0.1, 0.15) is 17.7 Å². The fourth-order valence-electron chi connectivity index (χ4n) is 5.46. The normalized spacial score (nSPS) is 14.3. The second-order valence-electron chi connectivity index (χ2n) is 10.5. The summed E-state index contributed by atoms with van der Waals surface area (Å²) < 4.78 is 27.9. The summed E-state index contributed by atoms with van der Waals surface area (Å²) >= 11 is 0. The van der Waals surface area contributed by atoms with Crippen molar-refractivity contribution >= 4 is 29.3 Å². The lowest BCUT2D eigenvalue weighted by Gasteiger charge is -2.28. The van der Waals surface area contributed by atoms with Gasteiger partial charge in [-0.15, -0.1) is 0 Å². The molecule has 0 bridgehead atoms. The molecule has 7 nitrogen and oxygen atoms in total. The van der Waals surface area contributed by atoms with Crippen molar-refractivity contribution in [2.24, 2.45) is 5.92 Å². The van der Waals surface area contributed by atoms with Gasteiger partial charge in [0.05, 0.1) is 11.3 Å². The monoisotopic (exact) mass is 549 g/mol. The van der Waals surface area contributed by atoms with Gasteiger partial charge in [0.2, 0.25) is 0 Å². The summed E-state index contributed by atoms with van der Waals surface area (Å²) in [4.78, 5) is 38.6. The van der Waals surface area contributed by atoms with E-state index in [1.54, 1.807) is 0 Å². The van der Waals surface area contributed by atoms with Gasteiger partial charge in [-0.2, -0.15) is 0 Å². The highest BCUT2D eigenvalue weighted by Gasteiger charge is 2.31. The molecular weight excluding hydrogens is 516 g/mol. The Kier molecular flexibility index (Phi) is 8.82. The summed E-state index contributed by atoms with van der Waals surface area (Å²) in [6.45, 7) is 5.68. The van der Waals surface area contributed by atoms with E-state index >= 15 is 0 Å². The Hall–Kier alpha value is -4.27. The molecule has 1 atom stereocenters. The molecule has 9 heteroatoms. The van der Waals surface area contributed by atoms with E-state index in [9.17, 15) is 28.3 Å². The van der Waals surface area contributed by atoms with Crippen LogP contribution in [0.4, 0.5) is 25.0 Å². The predicted molar refractivity (Wildman–Crippen MR) is 151 cm³/mol. The van der Waals surface area contributed by atoms with Crippen molar-refractivity contribution in [3.05, 3.63) is 82.4 Å². The Morgan fingerprint density at radius 1 is 0.825 bits per heavy atom. The van der Waals surface area contributed by atoms with Crippen molar-refractivity contribution in [1.82, 2.24) is 5.32 Å². The van der Waals surface area contributed by atoms with Crippen LogP contribution in [0.15, 0.2) is 48.5 Å². The van der Waals surface area contributed by atoms with Crippen LogP contribution in [0.5, 0.6) is 0 Å². The number of aliphatic carboxylic acids is 1. The molecule has 0 aromatic heterocycles. The third-order valence-corrected chi connectivity index (χ3v) is 7.30. The number of benzene rings is 3. The van der Waals surface area contributed by atoms with Crippen molar-refractivity contribution in [3.8, 4) is 11.1 Å². The number of nitrogens with one attached hydrogen (secondary N) is 3. The summed E-state index contributed by atoms with van der Waals surface area (Å²) in [6, 6.07) is 9.53. The van der Waals surface area contributed by atoms with E-state index in [2.05, 4.69) is 16.0 Å². The number of carbonyl (C=O) groups excluding carboxylic acids is 2. The molecule has 3 amide bonds. The molecule has 3 aromatic rings. The molecule has 0 radical (unpaired) electrons. The minimum atomic E-state index is -1.12. The lowest BCUT2D eigenvalue weighted by molar-refractivity contribution is -0.141. The number of rotatable bonds is 7. The van der Waals surface area contributed by atoms with Gasteiger partial charge in [-0.3, -0.25) is 4.79 Å². The number of anilines is 2. The minimum Gasteiger partial charge on any atom is -0.480 e. The van der Waals surface area contributed by atoms with Gasteiger partial charge in [0, 0.05) is 11.8 Å². The van der Waals surface area contributed by atoms with Crippen LogP contribution >= 0.6 is 0 Å². The van der Waals surface area contributed by atoms with Gasteiger partial charge < -0.3 is 21.1 Å². The molecule has 0 heterocycles. The number of carbonyl (C=O) groups is 3. The van der Waals surface area contributed by atoms with Gasteiger partial charge in [0.15, 0.2) is 0 Å². The highest BCUT2D eigenvalue weighted by atomic mass is 19.1. The van der Waals surface area contributed by atoms with E-state index in [1.807, 2.05) is 32.9 Å². The number of aryl methyl sites for hydroxylation is 3. The number of carboxylic acid groups (broad SMARTS) is 1. The number of amides is 3. The molecule has 40 heavy (non-hydrogen) atoms. The van der Waals surface area contributed by atoms with Crippen molar-refractivity contribution in [3.63, 3.8) is 0 Å². The molecule has 4 rings (SSSR count). The van der Waals surface area contributed by atoms with Crippen LogP contribution in [0.25, 0.3) is 11.1 Å². The smallest absolute Gasteiger partial charge is 0.326 e. The Labute approximate surface area is 232 Å². The molecule has 0 saturated heterocycles. The number of hydrogen-bond donors (Lipinski definition) is 4. The van der Waals surface area contributed by atoms with Gasteiger partial charge in [-0.05, 0) is 86.1 Å². The lowest BCUT2D eigenvalue weighted by atomic mass is 9.83. The van der Waals surface area contributed by atoms with E-state index in [4.69, 9.17) is 0 Å². The van der Waals surface area contributed by atoms with Gasteiger partial charge in [-0.1, -0.05) is 43.0 Å². The number of hydrogen-bond acceptors (Lipinski definition) is 3. The van der Waals surface area contributed by atoms with E-state index in [0.29, 0.717) is 24.1 Å². The highest BCUT2D eigenvalue weighted by molar-refractivity contribution is 6.08. The fraction of sp³-hybridized carbons (Fsp3) is 0.323. The molecule has 0 spiro atoms. The van der Waals surface area contributed by atoms with Crippen LogP contribution in [0, 0.1) is 38.3 Å². The Bertz CT molecular complexity index is 1410. The summed E-state index contributed by atoms with van der Waals surface area (Å²) in [5, 5.41) is 18.0. The zero-order valence-corrected chi connectivity index (χ0v) is 22.7. The fourth-order valence-corrected chi connectivity index (χ4v) is 5.46. The standard InChI is InChI=1S/C31H33F2N3O4/c1-17-11-18(2)27(19(3)12-17)36-31(40)34-26-15-21(22-13-23(32)16-24(33)14-22)9-10-25(26)29(37)35-28(30(38)39)20-7-5-4-6-8-20/h9-16,20,28H,4-8H2,1-3H3,(H,35,37)(H,38,39)(H2,34,36,40). The van der Waals surface area contributed by atoms with Crippen LogP contribution in [0.3, 0.4) is 0 Å². The van der Waals surface area contributed by atoms with Crippen LogP contribution in [-0.4, -0.2) is 29.1 Å². The van der Waals surface area contributed by atoms with Crippen molar-refractivity contribution in [2.45, 2.75) is 58.9 Å². The Morgan fingerprint density at radius 2 is 1.45 bits per heavy atom. The average molecular weight is 550 g/mol. The summed E-state index contributed by atoms with van der Waals surface area (Å²) in [5.74, 6) is -3.54. The summed E-state index contributed by atoms with van der Waals surface area (Å²) in [5.41, 5.74) is 4.01. The number of halogens is 2. The van der Waals surface area contributed by atoms with Gasteiger partial charge >= 0.3 is 12.0 Å². The quantitative estimate of drug-likeness (QED) is 0.255. The first-order valence-corrected chi connectivity index (χ1v) is 13.3. The molecule has 1 saturated carbocycles. The second kappa shape index (κ2) is 12.3. The first kappa shape index (κ1) is 28.7. The first-order valence-electron chi connectivity index (χ1n) is 13.3. The maximum absolute atomic E-state index is 13.9. The van der Waals surface area contributed by atoms with Crippen LogP contribution < -0.4 is 16.0 Å².